The molecule has 0 N–H and O–H groups in total. The SMILES string of the molecule is Cc1cc(C)c(CC(C#N)c2cccc(N(C)C)c2)c(C)c1. The van der Waals surface area contributed by atoms with Gasteiger partial charge in [-0.05, 0) is 61.6 Å². The van der Waals surface area contributed by atoms with Crippen LogP contribution in [0.5, 0.6) is 0 Å². The van der Waals surface area contributed by atoms with Crippen molar-refractivity contribution < 1.29 is 0 Å². The molecule has 2 nitrogen and oxygen atoms in total. The summed E-state index contributed by atoms with van der Waals surface area (Å²) in [7, 11) is 4.05. The zero-order valence-corrected chi connectivity index (χ0v) is 14.1. The van der Waals surface area contributed by atoms with Crippen LogP contribution < -0.4 is 4.90 Å². The number of rotatable bonds is 4. The van der Waals surface area contributed by atoms with Gasteiger partial charge in [-0.25, -0.2) is 0 Å². The van der Waals surface area contributed by atoms with Crippen molar-refractivity contribution in [2.45, 2.75) is 33.1 Å². The van der Waals surface area contributed by atoms with Crippen molar-refractivity contribution in [1.82, 2.24) is 0 Å². The van der Waals surface area contributed by atoms with Crippen LogP contribution in [0.25, 0.3) is 0 Å². The molecule has 0 aliphatic heterocycles. The number of nitrogens with zero attached hydrogens (tertiary/aromatic N) is 2. The highest BCUT2D eigenvalue weighted by Gasteiger charge is 2.15. The molecule has 2 heteroatoms. The van der Waals surface area contributed by atoms with Gasteiger partial charge in [-0.1, -0.05) is 29.8 Å². The Morgan fingerprint density at radius 3 is 2.23 bits per heavy atom. The van der Waals surface area contributed by atoms with E-state index in [1.807, 2.05) is 20.2 Å². The summed E-state index contributed by atoms with van der Waals surface area (Å²) in [6.07, 6.45) is 0.769. The summed E-state index contributed by atoms with van der Waals surface area (Å²) >= 11 is 0. The molecule has 0 radical (unpaired) electrons. The number of aryl methyl sites for hydroxylation is 3. The highest BCUT2D eigenvalue weighted by atomic mass is 15.1. The van der Waals surface area contributed by atoms with E-state index < -0.39 is 0 Å². The van der Waals surface area contributed by atoms with E-state index in [4.69, 9.17) is 0 Å². The van der Waals surface area contributed by atoms with E-state index in [1.54, 1.807) is 0 Å². The Kier molecular flexibility index (Phi) is 4.88. The second kappa shape index (κ2) is 6.66. The maximum Gasteiger partial charge on any atom is 0.0753 e. The van der Waals surface area contributed by atoms with Crippen molar-refractivity contribution >= 4 is 5.69 Å². The lowest BCUT2D eigenvalue weighted by Gasteiger charge is -2.18. The maximum absolute atomic E-state index is 9.64. The number of nitriles is 1. The summed E-state index contributed by atoms with van der Waals surface area (Å²) in [6.45, 7) is 6.39. The van der Waals surface area contributed by atoms with E-state index in [0.717, 1.165) is 17.7 Å². The summed E-state index contributed by atoms with van der Waals surface area (Å²) in [4.78, 5) is 2.07. The van der Waals surface area contributed by atoms with E-state index in [-0.39, 0.29) is 5.92 Å². The third-order valence-corrected chi connectivity index (χ3v) is 4.19. The molecule has 2 rings (SSSR count). The van der Waals surface area contributed by atoms with Gasteiger partial charge in [0.1, 0.15) is 0 Å². The van der Waals surface area contributed by atoms with Crippen molar-refractivity contribution in [1.29, 1.82) is 5.26 Å². The monoisotopic (exact) mass is 292 g/mol. The Bertz CT molecular complexity index is 685. The Morgan fingerprint density at radius 2 is 1.68 bits per heavy atom. The van der Waals surface area contributed by atoms with Gasteiger partial charge in [0.2, 0.25) is 0 Å². The van der Waals surface area contributed by atoms with Gasteiger partial charge in [0.25, 0.3) is 0 Å². The molecule has 22 heavy (non-hydrogen) atoms. The molecule has 0 fully saturated rings. The molecule has 0 aliphatic carbocycles. The lowest BCUT2D eigenvalue weighted by molar-refractivity contribution is 0.835. The van der Waals surface area contributed by atoms with Crippen LogP contribution in [0.15, 0.2) is 36.4 Å². The minimum absolute atomic E-state index is 0.111. The summed E-state index contributed by atoms with van der Waals surface area (Å²) in [5.74, 6) is -0.111. The first-order valence-electron chi connectivity index (χ1n) is 7.66. The van der Waals surface area contributed by atoms with Crippen LogP contribution in [0.1, 0.15) is 33.7 Å². The zero-order chi connectivity index (χ0) is 16.3. The second-order valence-corrected chi connectivity index (χ2v) is 6.25. The third kappa shape index (κ3) is 3.49. The number of hydrogen-bond donors (Lipinski definition) is 0. The molecule has 0 heterocycles. The fourth-order valence-corrected chi connectivity index (χ4v) is 2.99. The standard InChI is InChI=1S/C20H24N2/c1-14-9-15(2)20(16(3)10-14)12-18(13-21)17-7-6-8-19(11-17)22(4)5/h6-11,18H,12H2,1-5H3. The van der Waals surface area contributed by atoms with Crippen molar-refractivity contribution in [2.24, 2.45) is 0 Å². The maximum atomic E-state index is 9.64. The van der Waals surface area contributed by atoms with Crippen LogP contribution in [0.2, 0.25) is 0 Å². The molecule has 2 aromatic carbocycles. The van der Waals surface area contributed by atoms with Gasteiger partial charge < -0.3 is 4.90 Å². The Morgan fingerprint density at radius 1 is 1.05 bits per heavy atom. The van der Waals surface area contributed by atoms with Gasteiger partial charge in [-0.15, -0.1) is 0 Å². The first kappa shape index (κ1) is 16.1. The smallest absolute Gasteiger partial charge is 0.0753 e. The molecule has 1 unspecified atom stereocenters. The van der Waals surface area contributed by atoms with E-state index in [1.165, 1.54) is 22.3 Å². The van der Waals surface area contributed by atoms with E-state index in [2.05, 4.69) is 62.1 Å². The van der Waals surface area contributed by atoms with Crippen LogP contribution in [-0.2, 0) is 6.42 Å². The minimum atomic E-state index is -0.111. The summed E-state index contributed by atoms with van der Waals surface area (Å²) < 4.78 is 0. The van der Waals surface area contributed by atoms with Gasteiger partial charge in [0, 0.05) is 19.8 Å². The predicted octanol–water partition coefficient (Wildman–Crippen LogP) is 4.53. The molecule has 2 aromatic rings. The van der Waals surface area contributed by atoms with Crippen LogP contribution in [-0.4, -0.2) is 14.1 Å². The number of hydrogen-bond acceptors (Lipinski definition) is 2. The lowest BCUT2D eigenvalue weighted by Crippen LogP contribution is -2.10. The van der Waals surface area contributed by atoms with Crippen LogP contribution in [0.3, 0.4) is 0 Å². The molecule has 114 valence electrons. The van der Waals surface area contributed by atoms with E-state index in [9.17, 15) is 5.26 Å². The van der Waals surface area contributed by atoms with Crippen molar-refractivity contribution in [3.8, 4) is 6.07 Å². The zero-order valence-electron chi connectivity index (χ0n) is 14.1. The number of anilines is 1. The van der Waals surface area contributed by atoms with E-state index in [0.29, 0.717) is 0 Å². The largest absolute Gasteiger partial charge is 0.378 e. The molecular weight excluding hydrogens is 268 g/mol. The number of benzene rings is 2. The van der Waals surface area contributed by atoms with Crippen LogP contribution >= 0.6 is 0 Å². The topological polar surface area (TPSA) is 27.0 Å². The van der Waals surface area contributed by atoms with Gasteiger partial charge >= 0.3 is 0 Å². The average Bonchev–Trinajstić information content (AvgIpc) is 2.46. The summed E-state index contributed by atoms with van der Waals surface area (Å²) in [6, 6.07) is 15.2. The third-order valence-electron chi connectivity index (χ3n) is 4.19. The molecule has 0 aliphatic rings. The molecule has 1 atom stereocenters. The second-order valence-electron chi connectivity index (χ2n) is 6.25. The van der Waals surface area contributed by atoms with Gasteiger partial charge in [0.05, 0.1) is 12.0 Å². The summed E-state index contributed by atoms with van der Waals surface area (Å²) in [5, 5.41) is 9.64. The highest BCUT2D eigenvalue weighted by Crippen LogP contribution is 2.27. The molecule has 0 bridgehead atoms. The first-order valence-corrected chi connectivity index (χ1v) is 7.66. The van der Waals surface area contributed by atoms with Crippen LogP contribution in [0.4, 0.5) is 5.69 Å². The van der Waals surface area contributed by atoms with Gasteiger partial charge in [0.15, 0.2) is 0 Å². The van der Waals surface area contributed by atoms with Crippen LogP contribution in [0, 0.1) is 32.1 Å². The minimum Gasteiger partial charge on any atom is -0.378 e. The van der Waals surface area contributed by atoms with E-state index >= 15 is 0 Å². The highest BCUT2D eigenvalue weighted by molar-refractivity contribution is 5.49. The molecule has 0 amide bonds. The fraction of sp³-hybridized carbons (Fsp3) is 0.350. The molecule has 0 saturated heterocycles. The molecular formula is C20H24N2. The van der Waals surface area contributed by atoms with Gasteiger partial charge in [-0.2, -0.15) is 5.26 Å². The average molecular weight is 292 g/mol. The molecule has 0 aromatic heterocycles. The van der Waals surface area contributed by atoms with Crippen molar-refractivity contribution in [3.05, 3.63) is 64.2 Å². The fourth-order valence-electron chi connectivity index (χ4n) is 2.99. The Hall–Kier alpha value is -2.27. The molecule has 0 saturated carbocycles. The Labute approximate surface area is 134 Å². The normalized spacial score (nSPS) is 11.8. The lowest BCUT2D eigenvalue weighted by atomic mass is 9.88. The van der Waals surface area contributed by atoms with Gasteiger partial charge in [-0.3, -0.25) is 0 Å². The quantitative estimate of drug-likeness (QED) is 0.828. The van der Waals surface area contributed by atoms with Crippen molar-refractivity contribution in [2.75, 3.05) is 19.0 Å². The van der Waals surface area contributed by atoms with Crippen molar-refractivity contribution in [3.63, 3.8) is 0 Å². The Balaban J connectivity index is 2.35. The first-order chi connectivity index (χ1) is 10.4. The molecule has 0 spiro atoms. The summed E-state index contributed by atoms with van der Waals surface area (Å²) in [5.41, 5.74) is 7.36. The predicted molar refractivity (Wildman–Crippen MR) is 93.5 cm³/mol.